The second-order valence-electron chi connectivity index (χ2n) is 11.6. The molecule has 0 N–H and O–H groups in total. The van der Waals surface area contributed by atoms with E-state index in [1.807, 2.05) is 6.07 Å². The molecule has 4 nitrogen and oxygen atoms in total. The highest BCUT2D eigenvalue weighted by Crippen LogP contribution is 2.46. The molecule has 7 rings (SSSR count). The van der Waals surface area contributed by atoms with Crippen LogP contribution in [0.3, 0.4) is 0 Å². The first-order valence-corrected chi connectivity index (χ1v) is 16.0. The molecule has 5 aromatic carbocycles. The molecular formula is C35H32N4Si. The van der Waals surface area contributed by atoms with E-state index in [0.717, 1.165) is 11.0 Å². The molecule has 1 unspecified atom stereocenters. The Morgan fingerprint density at radius 2 is 1.00 bits per heavy atom. The van der Waals surface area contributed by atoms with E-state index >= 15 is 0 Å². The Labute approximate surface area is 235 Å². The average molecular weight is 537 g/mol. The maximum Gasteiger partial charge on any atom is 0.174 e. The zero-order valence-corrected chi connectivity index (χ0v) is 24.1. The third-order valence-electron chi connectivity index (χ3n) is 8.50. The van der Waals surface area contributed by atoms with E-state index in [0.29, 0.717) is 0 Å². The molecule has 5 heteroatoms. The van der Waals surface area contributed by atoms with E-state index < -0.39 is 8.07 Å². The highest BCUT2D eigenvalue weighted by atomic mass is 28.3. The maximum absolute atomic E-state index is 4.98. The summed E-state index contributed by atoms with van der Waals surface area (Å²) in [5.41, 5.74) is 4.37. The molecule has 2 aromatic heterocycles. The molecule has 2 heterocycles. The molecule has 0 aliphatic carbocycles. The molecule has 1 atom stereocenters. The van der Waals surface area contributed by atoms with E-state index in [1.54, 1.807) is 0 Å². The Hall–Kier alpha value is -4.48. The summed E-state index contributed by atoms with van der Waals surface area (Å²) in [6.45, 7) is 7.25. The van der Waals surface area contributed by atoms with Crippen molar-refractivity contribution in [2.45, 2.75) is 31.6 Å². The topological polar surface area (TPSA) is 35.6 Å². The van der Waals surface area contributed by atoms with Crippen LogP contribution in [-0.2, 0) is 0 Å². The van der Waals surface area contributed by atoms with E-state index in [2.05, 4.69) is 157 Å². The molecule has 0 spiro atoms. The van der Waals surface area contributed by atoms with Crippen LogP contribution in [0.1, 0.15) is 26.6 Å². The minimum Gasteiger partial charge on any atom is -0.320 e. The fraction of sp³-hybridized carbons (Fsp3) is 0.143. The minimum absolute atomic E-state index is 0.111. The van der Waals surface area contributed by atoms with Gasteiger partial charge in [0.05, 0.1) is 16.6 Å². The Balaban J connectivity index is 1.74. The standard InChI is InChI=1S/C35H32N4Si/c1-35(2,3)40(26-16-6-4-7-17-26,27-18-8-5-9-19-27)34(39-33-25-15-12-22-30(33)36-37-39)38-31-23-13-10-20-28(31)29-21-11-14-24-32(29)38/h4-25,34H,1-3H3. The molecule has 196 valence electrons. The Bertz CT molecular complexity index is 1860. The number of fused-ring (bicyclic) bond motifs is 4. The zero-order chi connectivity index (χ0) is 27.3. The second-order valence-corrected chi connectivity index (χ2v) is 16.4. The number of hydrogen-bond donors (Lipinski definition) is 0. The predicted molar refractivity (Wildman–Crippen MR) is 169 cm³/mol. The van der Waals surface area contributed by atoms with Gasteiger partial charge in [0.25, 0.3) is 0 Å². The summed E-state index contributed by atoms with van der Waals surface area (Å²) in [4.78, 5) is 0. The van der Waals surface area contributed by atoms with Crippen molar-refractivity contribution in [2.75, 3.05) is 0 Å². The zero-order valence-electron chi connectivity index (χ0n) is 23.1. The maximum atomic E-state index is 4.98. The molecule has 0 amide bonds. The number of nitrogens with zero attached hydrogens (tertiary/aromatic N) is 4. The third kappa shape index (κ3) is 3.51. The van der Waals surface area contributed by atoms with Crippen molar-refractivity contribution in [3.05, 3.63) is 133 Å². The van der Waals surface area contributed by atoms with Crippen molar-refractivity contribution in [1.82, 2.24) is 19.6 Å². The third-order valence-corrected chi connectivity index (χ3v) is 14.6. The lowest BCUT2D eigenvalue weighted by molar-refractivity contribution is 0.504. The molecule has 0 saturated heterocycles. The first-order valence-electron chi connectivity index (χ1n) is 13.9. The van der Waals surface area contributed by atoms with Gasteiger partial charge in [0.2, 0.25) is 0 Å². The first-order chi connectivity index (χ1) is 19.5. The van der Waals surface area contributed by atoms with Crippen molar-refractivity contribution >= 4 is 51.3 Å². The number of aromatic nitrogens is 4. The van der Waals surface area contributed by atoms with Crippen LogP contribution in [0.15, 0.2) is 133 Å². The summed E-state index contributed by atoms with van der Waals surface area (Å²) in [7, 11) is -2.82. The van der Waals surface area contributed by atoms with E-state index in [-0.39, 0.29) is 10.8 Å². The average Bonchev–Trinajstić information content (AvgIpc) is 3.56. The highest BCUT2D eigenvalue weighted by Gasteiger charge is 2.56. The smallest absolute Gasteiger partial charge is 0.174 e. The van der Waals surface area contributed by atoms with Gasteiger partial charge in [0.1, 0.15) is 11.3 Å². The molecule has 0 saturated carbocycles. The van der Waals surface area contributed by atoms with Gasteiger partial charge in [0, 0.05) is 10.8 Å². The van der Waals surface area contributed by atoms with Crippen LogP contribution >= 0.6 is 0 Å². The van der Waals surface area contributed by atoms with Crippen LogP contribution in [0.2, 0.25) is 5.04 Å². The van der Waals surface area contributed by atoms with Crippen LogP contribution in [0.5, 0.6) is 0 Å². The molecule has 0 aliphatic heterocycles. The van der Waals surface area contributed by atoms with Crippen LogP contribution in [0.4, 0.5) is 0 Å². The van der Waals surface area contributed by atoms with Gasteiger partial charge in [0.15, 0.2) is 8.07 Å². The monoisotopic (exact) mass is 536 g/mol. The summed E-state index contributed by atoms with van der Waals surface area (Å²) in [6.07, 6.45) is 0. The molecule has 0 aliphatic rings. The van der Waals surface area contributed by atoms with Crippen LogP contribution in [0.25, 0.3) is 32.8 Å². The summed E-state index contributed by atoms with van der Waals surface area (Å²) in [5.74, 6) is -0.144. The lowest BCUT2D eigenvalue weighted by Gasteiger charge is -2.49. The van der Waals surface area contributed by atoms with Gasteiger partial charge in [-0.3, -0.25) is 0 Å². The fourth-order valence-electron chi connectivity index (χ4n) is 6.89. The van der Waals surface area contributed by atoms with Gasteiger partial charge in [-0.2, -0.15) is 0 Å². The predicted octanol–water partition coefficient (Wildman–Crippen LogP) is 7.19. The SMILES string of the molecule is CC(C)(C)[Si](c1ccccc1)(c1ccccc1)C(n1nnc2ccccc21)n1c2ccccc2c2ccccc21. The first kappa shape index (κ1) is 24.5. The van der Waals surface area contributed by atoms with Gasteiger partial charge in [-0.25, -0.2) is 4.68 Å². The number of hydrogen-bond acceptors (Lipinski definition) is 2. The minimum atomic E-state index is -2.82. The van der Waals surface area contributed by atoms with Crippen molar-refractivity contribution in [1.29, 1.82) is 0 Å². The molecule has 40 heavy (non-hydrogen) atoms. The second kappa shape index (κ2) is 9.32. The van der Waals surface area contributed by atoms with Gasteiger partial charge in [-0.15, -0.1) is 5.10 Å². The lowest BCUT2D eigenvalue weighted by Crippen LogP contribution is -2.70. The summed E-state index contributed by atoms with van der Waals surface area (Å²) >= 11 is 0. The fourth-order valence-corrected chi connectivity index (χ4v) is 13.0. The molecule has 0 radical (unpaired) electrons. The molecule has 7 aromatic rings. The number of benzene rings is 5. The van der Waals surface area contributed by atoms with Gasteiger partial charge < -0.3 is 4.57 Å². The summed E-state index contributed by atoms with van der Waals surface area (Å²) < 4.78 is 4.80. The van der Waals surface area contributed by atoms with E-state index in [9.17, 15) is 0 Å². The lowest BCUT2D eigenvalue weighted by atomic mass is 10.2. The normalized spacial score (nSPS) is 13.3. The van der Waals surface area contributed by atoms with Gasteiger partial charge in [-0.1, -0.05) is 135 Å². The molecule has 0 fully saturated rings. The largest absolute Gasteiger partial charge is 0.320 e. The van der Waals surface area contributed by atoms with Gasteiger partial charge >= 0.3 is 0 Å². The highest BCUT2D eigenvalue weighted by molar-refractivity contribution is 7.04. The van der Waals surface area contributed by atoms with Crippen molar-refractivity contribution < 1.29 is 0 Å². The number of rotatable bonds is 5. The van der Waals surface area contributed by atoms with Gasteiger partial charge in [-0.05, 0) is 39.7 Å². The summed E-state index contributed by atoms with van der Waals surface area (Å²) in [6, 6.07) is 48.3. The quantitative estimate of drug-likeness (QED) is 0.218. The Kier molecular flexibility index (Phi) is 5.72. The van der Waals surface area contributed by atoms with E-state index in [4.69, 9.17) is 10.3 Å². The summed E-state index contributed by atoms with van der Waals surface area (Å²) in [5, 5.41) is 14.8. The van der Waals surface area contributed by atoms with Crippen LogP contribution in [0, 0.1) is 0 Å². The van der Waals surface area contributed by atoms with Crippen molar-refractivity contribution in [3.8, 4) is 0 Å². The number of para-hydroxylation sites is 3. The van der Waals surface area contributed by atoms with Crippen LogP contribution < -0.4 is 10.4 Å². The Morgan fingerprint density at radius 3 is 1.52 bits per heavy atom. The molecular weight excluding hydrogens is 504 g/mol. The molecule has 0 bridgehead atoms. The van der Waals surface area contributed by atoms with Crippen LogP contribution in [-0.4, -0.2) is 27.6 Å². The Morgan fingerprint density at radius 1 is 0.550 bits per heavy atom. The van der Waals surface area contributed by atoms with E-state index in [1.165, 1.54) is 32.2 Å². The van der Waals surface area contributed by atoms with Crippen molar-refractivity contribution in [2.24, 2.45) is 0 Å². The van der Waals surface area contributed by atoms with Crippen molar-refractivity contribution in [3.63, 3.8) is 0 Å².